The number of benzene rings is 1. The van der Waals surface area contributed by atoms with Crippen LogP contribution in [0.2, 0.25) is 0 Å². The molecule has 5 heteroatoms. The molecule has 0 aliphatic rings. The van der Waals surface area contributed by atoms with Gasteiger partial charge in [-0.25, -0.2) is 10.7 Å². The monoisotopic (exact) mass is 225 g/mol. The maximum atomic E-state index is 11.4. The van der Waals surface area contributed by atoms with Crippen molar-refractivity contribution in [1.82, 2.24) is 0 Å². The number of rotatable bonds is 6. The zero-order chi connectivity index (χ0) is 11.8. The second-order valence-corrected chi connectivity index (χ2v) is 3.17. The molecular weight excluding hydrogens is 210 g/mol. The zero-order valence-electron chi connectivity index (χ0n) is 9.09. The van der Waals surface area contributed by atoms with Gasteiger partial charge in [0.05, 0.1) is 6.61 Å². The van der Waals surface area contributed by atoms with Gasteiger partial charge in [-0.05, 0) is 5.56 Å². The van der Waals surface area contributed by atoms with E-state index in [0.29, 0.717) is 0 Å². The number of hydrogen-bond donors (Lipinski definition) is 1. The molecule has 0 spiro atoms. The Bertz CT molecular complexity index is 315. The van der Waals surface area contributed by atoms with E-state index in [9.17, 15) is 4.79 Å². The van der Waals surface area contributed by atoms with Crippen LogP contribution in [0.5, 0.6) is 0 Å². The van der Waals surface area contributed by atoms with E-state index >= 15 is 0 Å². The van der Waals surface area contributed by atoms with E-state index in [-0.39, 0.29) is 13.2 Å². The van der Waals surface area contributed by atoms with Crippen molar-refractivity contribution in [3.05, 3.63) is 35.9 Å². The fraction of sp³-hybridized carbons (Fsp3) is 0.364. The molecule has 1 aromatic carbocycles. The van der Waals surface area contributed by atoms with Gasteiger partial charge in [-0.1, -0.05) is 30.3 Å². The Labute approximate surface area is 94.1 Å². The van der Waals surface area contributed by atoms with E-state index in [2.05, 4.69) is 4.84 Å². The molecule has 0 bridgehead atoms. The average molecular weight is 225 g/mol. The largest absolute Gasteiger partial charge is 0.459 e. The third kappa shape index (κ3) is 3.98. The molecule has 0 fully saturated rings. The minimum Gasteiger partial charge on any atom is -0.459 e. The molecule has 16 heavy (non-hydrogen) atoms. The van der Waals surface area contributed by atoms with Crippen molar-refractivity contribution in [3.8, 4) is 0 Å². The Kier molecular flexibility index (Phi) is 5.49. The van der Waals surface area contributed by atoms with Gasteiger partial charge in [-0.3, -0.25) is 4.84 Å². The standard InChI is InChI=1S/C11H15NO4/c1-14-8-10(16-12)11(13)15-7-9-5-3-2-4-6-9/h2-6,10H,7-8,12H2,1H3/t10-/m1/s1. The van der Waals surface area contributed by atoms with Gasteiger partial charge in [0.25, 0.3) is 0 Å². The number of nitrogens with two attached hydrogens (primary N) is 1. The van der Waals surface area contributed by atoms with Crippen LogP contribution < -0.4 is 5.90 Å². The molecule has 0 amide bonds. The molecule has 5 nitrogen and oxygen atoms in total. The first-order chi connectivity index (χ1) is 7.77. The van der Waals surface area contributed by atoms with Gasteiger partial charge in [0.2, 0.25) is 0 Å². The van der Waals surface area contributed by atoms with Crippen LogP contribution in [0.1, 0.15) is 5.56 Å². The van der Waals surface area contributed by atoms with Crippen LogP contribution in [-0.4, -0.2) is 25.8 Å². The molecular formula is C11H15NO4. The molecule has 2 N–H and O–H groups in total. The lowest BCUT2D eigenvalue weighted by Gasteiger charge is -2.12. The SMILES string of the molecule is COC[C@@H](ON)C(=O)OCc1ccccc1. The second-order valence-electron chi connectivity index (χ2n) is 3.17. The summed E-state index contributed by atoms with van der Waals surface area (Å²) in [5.41, 5.74) is 0.907. The first-order valence-corrected chi connectivity index (χ1v) is 4.83. The van der Waals surface area contributed by atoms with E-state index in [4.69, 9.17) is 15.4 Å². The average Bonchev–Trinajstić information content (AvgIpc) is 2.34. The van der Waals surface area contributed by atoms with E-state index < -0.39 is 12.1 Å². The highest BCUT2D eigenvalue weighted by Gasteiger charge is 2.19. The minimum absolute atomic E-state index is 0.0735. The van der Waals surface area contributed by atoms with Crippen LogP contribution in [0, 0.1) is 0 Å². The molecule has 0 aromatic heterocycles. The van der Waals surface area contributed by atoms with Crippen molar-refractivity contribution in [2.45, 2.75) is 12.7 Å². The van der Waals surface area contributed by atoms with Gasteiger partial charge in [0.15, 0.2) is 6.10 Å². The Balaban J connectivity index is 2.40. The maximum Gasteiger partial charge on any atom is 0.340 e. The predicted molar refractivity (Wildman–Crippen MR) is 57.2 cm³/mol. The number of carbonyl (C=O) groups is 1. The highest BCUT2D eigenvalue weighted by atomic mass is 16.7. The van der Waals surface area contributed by atoms with Crippen LogP contribution in [0.3, 0.4) is 0 Å². The topological polar surface area (TPSA) is 70.8 Å². The van der Waals surface area contributed by atoms with Crippen molar-refractivity contribution < 1.29 is 19.1 Å². The van der Waals surface area contributed by atoms with Gasteiger partial charge in [0.1, 0.15) is 6.61 Å². The van der Waals surface area contributed by atoms with Crippen molar-refractivity contribution in [2.75, 3.05) is 13.7 Å². The van der Waals surface area contributed by atoms with Crippen molar-refractivity contribution in [2.24, 2.45) is 5.90 Å². The van der Waals surface area contributed by atoms with E-state index in [0.717, 1.165) is 5.56 Å². The molecule has 0 unspecified atom stereocenters. The molecule has 1 atom stereocenters. The Morgan fingerprint density at radius 1 is 1.38 bits per heavy atom. The molecule has 88 valence electrons. The molecule has 0 saturated heterocycles. The molecule has 0 saturated carbocycles. The van der Waals surface area contributed by atoms with Gasteiger partial charge >= 0.3 is 5.97 Å². The predicted octanol–water partition coefficient (Wildman–Crippen LogP) is 0.635. The molecule has 0 radical (unpaired) electrons. The fourth-order valence-electron chi connectivity index (χ4n) is 1.14. The van der Waals surface area contributed by atoms with Crippen molar-refractivity contribution >= 4 is 5.97 Å². The van der Waals surface area contributed by atoms with Crippen molar-refractivity contribution in [1.29, 1.82) is 0 Å². The summed E-state index contributed by atoms with van der Waals surface area (Å²) in [4.78, 5) is 15.9. The summed E-state index contributed by atoms with van der Waals surface area (Å²) in [6.07, 6.45) is -0.881. The van der Waals surface area contributed by atoms with Crippen LogP contribution in [0.25, 0.3) is 0 Å². The summed E-state index contributed by atoms with van der Waals surface area (Å²) in [5, 5.41) is 0. The Morgan fingerprint density at radius 3 is 2.62 bits per heavy atom. The van der Waals surface area contributed by atoms with Crippen LogP contribution in [-0.2, 0) is 25.7 Å². The third-order valence-corrected chi connectivity index (χ3v) is 1.97. The lowest BCUT2D eigenvalue weighted by Crippen LogP contribution is -2.33. The summed E-state index contributed by atoms with van der Waals surface area (Å²) in [7, 11) is 1.45. The second kappa shape index (κ2) is 6.95. The summed E-state index contributed by atoms with van der Waals surface area (Å²) in [5.74, 6) is 4.41. The Morgan fingerprint density at radius 2 is 2.06 bits per heavy atom. The highest BCUT2D eigenvalue weighted by molar-refractivity contribution is 5.74. The number of carbonyl (C=O) groups excluding carboxylic acids is 1. The van der Waals surface area contributed by atoms with Crippen LogP contribution in [0.4, 0.5) is 0 Å². The molecule has 1 aromatic rings. The zero-order valence-corrected chi connectivity index (χ0v) is 9.09. The van der Waals surface area contributed by atoms with Gasteiger partial charge in [-0.2, -0.15) is 0 Å². The first kappa shape index (κ1) is 12.6. The lowest BCUT2D eigenvalue weighted by atomic mass is 10.2. The third-order valence-electron chi connectivity index (χ3n) is 1.97. The Hall–Kier alpha value is -1.43. The van der Waals surface area contributed by atoms with Gasteiger partial charge in [0, 0.05) is 7.11 Å². The molecule has 1 rings (SSSR count). The minimum atomic E-state index is -0.881. The molecule has 0 aliphatic heterocycles. The smallest absolute Gasteiger partial charge is 0.340 e. The maximum absolute atomic E-state index is 11.4. The number of esters is 1. The quantitative estimate of drug-likeness (QED) is 0.568. The van der Waals surface area contributed by atoms with Crippen LogP contribution >= 0.6 is 0 Å². The number of methoxy groups -OCH3 is 1. The van der Waals surface area contributed by atoms with Gasteiger partial charge in [-0.15, -0.1) is 0 Å². The fourth-order valence-corrected chi connectivity index (χ4v) is 1.14. The normalized spacial score (nSPS) is 12.1. The van der Waals surface area contributed by atoms with Crippen molar-refractivity contribution in [3.63, 3.8) is 0 Å². The molecule has 0 heterocycles. The van der Waals surface area contributed by atoms with E-state index in [1.54, 1.807) is 0 Å². The summed E-state index contributed by atoms with van der Waals surface area (Å²) in [6, 6.07) is 9.36. The summed E-state index contributed by atoms with van der Waals surface area (Å²) >= 11 is 0. The summed E-state index contributed by atoms with van der Waals surface area (Å²) in [6.45, 7) is 0.271. The molecule has 0 aliphatic carbocycles. The first-order valence-electron chi connectivity index (χ1n) is 4.83. The van der Waals surface area contributed by atoms with Crippen LogP contribution in [0.15, 0.2) is 30.3 Å². The van der Waals surface area contributed by atoms with Gasteiger partial charge < -0.3 is 9.47 Å². The van der Waals surface area contributed by atoms with E-state index in [1.807, 2.05) is 30.3 Å². The highest BCUT2D eigenvalue weighted by Crippen LogP contribution is 2.02. The summed E-state index contributed by atoms with van der Waals surface area (Å²) < 4.78 is 9.77. The number of hydrogen-bond acceptors (Lipinski definition) is 5. The number of ether oxygens (including phenoxy) is 2. The lowest BCUT2D eigenvalue weighted by molar-refractivity contribution is -0.162. The van der Waals surface area contributed by atoms with E-state index in [1.165, 1.54) is 7.11 Å².